The molecule has 1 aromatic rings. The molecule has 1 aromatic carbocycles. The van der Waals surface area contributed by atoms with Gasteiger partial charge in [-0.3, -0.25) is 0 Å². The van der Waals surface area contributed by atoms with Gasteiger partial charge in [0.2, 0.25) is 0 Å². The Hall–Kier alpha value is -1.84. The van der Waals surface area contributed by atoms with Crippen LogP contribution in [0.4, 0.5) is 4.39 Å². The smallest absolute Gasteiger partial charge is 0.335 e. The molecule has 1 aliphatic rings. The number of carbonyl (C=O) groups is 1. The molecule has 78 valence electrons. The van der Waals surface area contributed by atoms with Crippen LogP contribution in [-0.4, -0.2) is 17.7 Å². The van der Waals surface area contributed by atoms with Crippen LogP contribution in [-0.2, 0) is 4.79 Å². The molecule has 1 heterocycles. The van der Waals surface area contributed by atoms with Crippen LogP contribution in [0.5, 0.6) is 5.75 Å². The van der Waals surface area contributed by atoms with Crippen molar-refractivity contribution in [1.82, 2.24) is 0 Å². The second-order valence-electron chi connectivity index (χ2n) is 3.34. The summed E-state index contributed by atoms with van der Waals surface area (Å²) in [6.07, 6.45) is 0. The number of hydrogen-bond donors (Lipinski definition) is 1. The first-order valence-corrected chi connectivity index (χ1v) is 4.45. The number of ether oxygens (including phenoxy) is 1. The van der Waals surface area contributed by atoms with Crippen molar-refractivity contribution < 1.29 is 19.0 Å². The van der Waals surface area contributed by atoms with E-state index in [2.05, 4.69) is 0 Å². The minimum atomic E-state index is -1.03. The van der Waals surface area contributed by atoms with Crippen LogP contribution in [0.25, 0.3) is 5.57 Å². The maximum Gasteiger partial charge on any atom is 0.335 e. The molecule has 0 saturated heterocycles. The Morgan fingerprint density at radius 1 is 1.53 bits per heavy atom. The van der Waals surface area contributed by atoms with E-state index in [1.54, 1.807) is 6.92 Å². The third-order valence-electron chi connectivity index (χ3n) is 2.43. The minimum absolute atomic E-state index is 0.0276. The van der Waals surface area contributed by atoms with Crippen LogP contribution in [0.3, 0.4) is 0 Å². The van der Waals surface area contributed by atoms with Crippen molar-refractivity contribution in [2.75, 3.05) is 6.61 Å². The molecule has 4 heteroatoms. The summed E-state index contributed by atoms with van der Waals surface area (Å²) in [7, 11) is 0. The van der Waals surface area contributed by atoms with E-state index < -0.39 is 11.8 Å². The molecule has 0 spiro atoms. The van der Waals surface area contributed by atoms with E-state index in [1.807, 2.05) is 0 Å². The molecular formula is C11H9FO3. The first kappa shape index (κ1) is 9.71. The summed E-state index contributed by atoms with van der Waals surface area (Å²) in [6.45, 7) is 1.68. The molecular weight excluding hydrogens is 199 g/mol. The summed E-state index contributed by atoms with van der Waals surface area (Å²) in [4.78, 5) is 10.8. The van der Waals surface area contributed by atoms with Gasteiger partial charge < -0.3 is 9.84 Å². The fourth-order valence-corrected chi connectivity index (χ4v) is 1.56. The number of rotatable bonds is 1. The lowest BCUT2D eigenvalue weighted by Crippen LogP contribution is -2.16. The Morgan fingerprint density at radius 3 is 2.93 bits per heavy atom. The average molecular weight is 208 g/mol. The van der Waals surface area contributed by atoms with E-state index in [9.17, 15) is 9.18 Å². The Morgan fingerprint density at radius 2 is 2.27 bits per heavy atom. The van der Waals surface area contributed by atoms with Gasteiger partial charge in [-0.05, 0) is 30.7 Å². The van der Waals surface area contributed by atoms with Gasteiger partial charge in [-0.25, -0.2) is 9.18 Å². The van der Waals surface area contributed by atoms with Crippen molar-refractivity contribution in [2.45, 2.75) is 6.92 Å². The van der Waals surface area contributed by atoms with Gasteiger partial charge in [-0.1, -0.05) is 0 Å². The molecule has 0 unspecified atom stereocenters. The maximum absolute atomic E-state index is 13.0. The number of fused-ring (bicyclic) bond motifs is 1. The Bertz CT molecular complexity index is 463. The average Bonchev–Trinajstić information content (AvgIpc) is 2.19. The molecule has 0 aromatic heterocycles. The van der Waals surface area contributed by atoms with E-state index in [-0.39, 0.29) is 12.2 Å². The van der Waals surface area contributed by atoms with E-state index in [4.69, 9.17) is 9.84 Å². The van der Waals surface area contributed by atoms with E-state index in [1.165, 1.54) is 18.2 Å². The zero-order chi connectivity index (χ0) is 11.0. The fraction of sp³-hybridized carbons (Fsp3) is 0.182. The fourth-order valence-electron chi connectivity index (χ4n) is 1.56. The number of hydrogen-bond acceptors (Lipinski definition) is 2. The number of carboxylic acid groups (broad SMARTS) is 1. The van der Waals surface area contributed by atoms with E-state index in [0.717, 1.165) is 0 Å². The summed E-state index contributed by atoms with van der Waals surface area (Å²) >= 11 is 0. The van der Waals surface area contributed by atoms with Crippen LogP contribution in [0.1, 0.15) is 12.5 Å². The van der Waals surface area contributed by atoms with Crippen molar-refractivity contribution in [3.05, 3.63) is 35.2 Å². The molecule has 0 bridgehead atoms. The highest BCUT2D eigenvalue weighted by atomic mass is 19.1. The van der Waals surface area contributed by atoms with Crippen molar-refractivity contribution in [2.24, 2.45) is 0 Å². The van der Waals surface area contributed by atoms with Crippen molar-refractivity contribution in [3.8, 4) is 5.75 Å². The topological polar surface area (TPSA) is 46.5 Å². The van der Waals surface area contributed by atoms with Crippen LogP contribution in [0.15, 0.2) is 23.8 Å². The number of carboxylic acids is 1. The van der Waals surface area contributed by atoms with Gasteiger partial charge in [0, 0.05) is 5.56 Å². The van der Waals surface area contributed by atoms with E-state index in [0.29, 0.717) is 16.9 Å². The predicted molar refractivity (Wildman–Crippen MR) is 52.1 cm³/mol. The van der Waals surface area contributed by atoms with Crippen LogP contribution in [0, 0.1) is 5.82 Å². The third-order valence-corrected chi connectivity index (χ3v) is 2.43. The van der Waals surface area contributed by atoms with Gasteiger partial charge in [0.25, 0.3) is 0 Å². The lowest BCUT2D eigenvalue weighted by Gasteiger charge is -2.19. The highest BCUT2D eigenvalue weighted by molar-refractivity contribution is 5.97. The number of halogens is 1. The molecule has 15 heavy (non-hydrogen) atoms. The molecule has 0 aliphatic carbocycles. The Balaban J connectivity index is 2.59. The monoisotopic (exact) mass is 208 g/mol. The standard InChI is InChI=1S/C11H9FO3/c1-6-8-4-7(12)2-3-10(8)15-5-9(6)11(13)14/h2-4H,5H2,1H3,(H,13,14). The van der Waals surface area contributed by atoms with Gasteiger partial charge in [0.05, 0.1) is 5.57 Å². The summed E-state index contributed by atoms with van der Waals surface area (Å²) in [5, 5.41) is 8.87. The molecule has 3 nitrogen and oxygen atoms in total. The summed E-state index contributed by atoms with van der Waals surface area (Å²) in [5.74, 6) is -0.898. The summed E-state index contributed by atoms with van der Waals surface area (Å²) < 4.78 is 18.2. The van der Waals surface area contributed by atoms with Crippen LogP contribution >= 0.6 is 0 Å². The van der Waals surface area contributed by atoms with Crippen molar-refractivity contribution >= 4 is 11.5 Å². The third kappa shape index (κ3) is 1.58. The van der Waals surface area contributed by atoms with Gasteiger partial charge in [0.15, 0.2) is 0 Å². The first-order chi connectivity index (χ1) is 7.09. The molecule has 0 saturated carbocycles. The molecule has 0 radical (unpaired) electrons. The lowest BCUT2D eigenvalue weighted by molar-refractivity contribution is -0.133. The number of benzene rings is 1. The predicted octanol–water partition coefficient (Wildman–Crippen LogP) is 2.08. The molecule has 2 rings (SSSR count). The lowest BCUT2D eigenvalue weighted by atomic mass is 9.98. The zero-order valence-corrected chi connectivity index (χ0v) is 8.08. The summed E-state index contributed by atoms with van der Waals surface area (Å²) in [6, 6.07) is 4.08. The second kappa shape index (κ2) is 3.38. The van der Waals surface area contributed by atoms with Gasteiger partial charge in [-0.2, -0.15) is 0 Å². The van der Waals surface area contributed by atoms with Crippen LogP contribution in [0.2, 0.25) is 0 Å². The highest BCUT2D eigenvalue weighted by Crippen LogP contribution is 2.33. The Kier molecular flexibility index (Phi) is 2.19. The van der Waals surface area contributed by atoms with Crippen LogP contribution < -0.4 is 4.74 Å². The Labute approximate surface area is 85.8 Å². The maximum atomic E-state index is 13.0. The molecule has 0 fully saturated rings. The van der Waals surface area contributed by atoms with Crippen molar-refractivity contribution in [1.29, 1.82) is 0 Å². The number of allylic oxidation sites excluding steroid dienone is 1. The van der Waals surface area contributed by atoms with Crippen molar-refractivity contribution in [3.63, 3.8) is 0 Å². The minimum Gasteiger partial charge on any atom is -0.488 e. The first-order valence-electron chi connectivity index (χ1n) is 4.45. The quantitative estimate of drug-likeness (QED) is 0.768. The summed E-state index contributed by atoms with van der Waals surface area (Å²) in [5.41, 5.74) is 1.25. The van der Waals surface area contributed by atoms with Gasteiger partial charge in [0.1, 0.15) is 18.2 Å². The normalized spacial score (nSPS) is 14.5. The van der Waals surface area contributed by atoms with Gasteiger partial charge in [-0.15, -0.1) is 0 Å². The molecule has 1 N–H and O–H groups in total. The zero-order valence-electron chi connectivity index (χ0n) is 8.08. The number of aliphatic carboxylic acids is 1. The molecule has 0 atom stereocenters. The SMILES string of the molecule is CC1=C(C(=O)O)COc2ccc(F)cc21. The van der Waals surface area contributed by atoms with Gasteiger partial charge >= 0.3 is 5.97 Å². The molecule has 0 amide bonds. The largest absolute Gasteiger partial charge is 0.488 e. The van der Waals surface area contributed by atoms with E-state index >= 15 is 0 Å². The highest BCUT2D eigenvalue weighted by Gasteiger charge is 2.21. The molecule has 1 aliphatic heterocycles. The second-order valence-corrected chi connectivity index (χ2v) is 3.34.